The maximum Gasteiger partial charge on any atom is 0.146 e. The highest BCUT2D eigenvalue weighted by molar-refractivity contribution is 9.10. The molecule has 1 aliphatic rings. The monoisotopic (exact) mass is 327 g/mol. The molecule has 0 saturated carbocycles. The van der Waals surface area contributed by atoms with Crippen molar-refractivity contribution in [3.8, 4) is 0 Å². The summed E-state index contributed by atoms with van der Waals surface area (Å²) in [5.41, 5.74) is 1.86. The molecule has 1 saturated heterocycles. The first-order valence-electron chi connectivity index (χ1n) is 6.98. The predicted molar refractivity (Wildman–Crippen MR) is 79.2 cm³/mol. The lowest BCUT2D eigenvalue weighted by Gasteiger charge is -2.24. The molecule has 5 heteroatoms. The third-order valence-electron chi connectivity index (χ3n) is 4.34. The Morgan fingerprint density at radius 1 is 1.53 bits per heavy atom. The number of aromatic nitrogens is 2. The number of carbonyl (C=O) groups excluding carboxylic acids is 1. The lowest BCUT2D eigenvalue weighted by Crippen LogP contribution is -2.34. The zero-order valence-corrected chi connectivity index (χ0v) is 13.5. The van der Waals surface area contributed by atoms with Crippen molar-refractivity contribution in [2.24, 2.45) is 12.5 Å². The maximum atomic E-state index is 12.7. The van der Waals surface area contributed by atoms with E-state index in [-0.39, 0.29) is 5.41 Å². The van der Waals surface area contributed by atoms with Gasteiger partial charge in [-0.2, -0.15) is 5.10 Å². The first kappa shape index (κ1) is 14.7. The van der Waals surface area contributed by atoms with Crippen LogP contribution in [0.2, 0.25) is 0 Å². The SMILES string of the molecule is CCc1nn(C)c(CC(=O)C2(CC)CCNC2)c1Br. The van der Waals surface area contributed by atoms with Gasteiger partial charge in [0.05, 0.1) is 22.3 Å². The number of Topliss-reactive ketones (excluding diaryl/α,β-unsaturated/α-hetero) is 1. The van der Waals surface area contributed by atoms with Gasteiger partial charge in [0.25, 0.3) is 0 Å². The van der Waals surface area contributed by atoms with E-state index in [9.17, 15) is 4.79 Å². The van der Waals surface area contributed by atoms with Gasteiger partial charge in [0.1, 0.15) is 5.78 Å². The molecule has 0 aromatic carbocycles. The zero-order chi connectivity index (χ0) is 14.0. The number of nitrogens with zero attached hydrogens (tertiary/aromatic N) is 2. The van der Waals surface area contributed by atoms with Crippen molar-refractivity contribution >= 4 is 21.7 Å². The number of hydrogen-bond acceptors (Lipinski definition) is 3. The van der Waals surface area contributed by atoms with Gasteiger partial charge in [0.2, 0.25) is 0 Å². The standard InChI is InChI=1S/C14H22BrN3O/c1-4-10-13(15)11(18(3)17-10)8-12(19)14(5-2)6-7-16-9-14/h16H,4-9H2,1-3H3. The fourth-order valence-electron chi connectivity index (χ4n) is 2.83. The number of rotatable bonds is 5. The second-order valence-electron chi connectivity index (χ2n) is 5.35. The quantitative estimate of drug-likeness (QED) is 0.902. The van der Waals surface area contributed by atoms with Crippen LogP contribution >= 0.6 is 15.9 Å². The van der Waals surface area contributed by atoms with E-state index in [0.29, 0.717) is 12.2 Å². The van der Waals surface area contributed by atoms with Gasteiger partial charge in [0, 0.05) is 19.0 Å². The van der Waals surface area contributed by atoms with Gasteiger partial charge in [0.15, 0.2) is 0 Å². The summed E-state index contributed by atoms with van der Waals surface area (Å²) in [5.74, 6) is 0.339. The minimum absolute atomic E-state index is 0.171. The molecule has 0 bridgehead atoms. The zero-order valence-electron chi connectivity index (χ0n) is 11.9. The summed E-state index contributed by atoms with van der Waals surface area (Å²) in [6.07, 6.45) is 3.22. The molecule has 1 aromatic heterocycles. The molecule has 1 atom stereocenters. The molecule has 4 nitrogen and oxygen atoms in total. The smallest absolute Gasteiger partial charge is 0.146 e. The van der Waals surface area contributed by atoms with E-state index in [1.165, 1.54) is 0 Å². The summed E-state index contributed by atoms with van der Waals surface area (Å²) in [7, 11) is 1.91. The highest BCUT2D eigenvalue weighted by atomic mass is 79.9. The van der Waals surface area contributed by atoms with E-state index in [2.05, 4.69) is 40.2 Å². The van der Waals surface area contributed by atoms with Crippen LogP contribution in [0.5, 0.6) is 0 Å². The van der Waals surface area contributed by atoms with Crippen LogP contribution in [0, 0.1) is 5.41 Å². The van der Waals surface area contributed by atoms with Crippen LogP contribution in [-0.4, -0.2) is 28.7 Å². The Hall–Kier alpha value is -0.680. The first-order chi connectivity index (χ1) is 9.04. The number of hydrogen-bond donors (Lipinski definition) is 1. The average Bonchev–Trinajstić information content (AvgIpc) is 2.99. The molecule has 1 unspecified atom stereocenters. The van der Waals surface area contributed by atoms with Gasteiger partial charge in [-0.15, -0.1) is 0 Å². The van der Waals surface area contributed by atoms with Crippen molar-refractivity contribution in [2.45, 2.75) is 39.5 Å². The molecule has 1 aromatic rings. The minimum atomic E-state index is -0.171. The average molecular weight is 328 g/mol. The Balaban J connectivity index is 2.21. The molecular formula is C14H22BrN3O. The summed E-state index contributed by atoms with van der Waals surface area (Å²) in [6, 6.07) is 0. The molecule has 106 valence electrons. The van der Waals surface area contributed by atoms with Crippen molar-refractivity contribution in [1.29, 1.82) is 0 Å². The van der Waals surface area contributed by atoms with Crippen LogP contribution in [-0.2, 0) is 24.7 Å². The second-order valence-corrected chi connectivity index (χ2v) is 6.14. The summed E-state index contributed by atoms with van der Waals surface area (Å²) >= 11 is 3.59. The van der Waals surface area contributed by atoms with Crippen LogP contribution in [0.15, 0.2) is 4.47 Å². The van der Waals surface area contributed by atoms with E-state index >= 15 is 0 Å². The van der Waals surface area contributed by atoms with E-state index in [1.807, 2.05) is 11.7 Å². The Labute approximate surface area is 123 Å². The predicted octanol–water partition coefficient (Wildman–Crippen LogP) is 2.25. The van der Waals surface area contributed by atoms with Gasteiger partial charge in [-0.1, -0.05) is 13.8 Å². The van der Waals surface area contributed by atoms with Crippen molar-refractivity contribution in [3.63, 3.8) is 0 Å². The largest absolute Gasteiger partial charge is 0.316 e. The summed E-state index contributed by atoms with van der Waals surface area (Å²) in [6.45, 7) is 5.96. The number of ketones is 1. The second kappa shape index (κ2) is 5.75. The molecule has 0 aliphatic carbocycles. The summed E-state index contributed by atoms with van der Waals surface area (Å²) in [4.78, 5) is 12.7. The Morgan fingerprint density at radius 3 is 2.74 bits per heavy atom. The topological polar surface area (TPSA) is 46.9 Å². The van der Waals surface area contributed by atoms with Crippen molar-refractivity contribution in [2.75, 3.05) is 13.1 Å². The van der Waals surface area contributed by atoms with Gasteiger partial charge in [-0.3, -0.25) is 9.48 Å². The third-order valence-corrected chi connectivity index (χ3v) is 5.26. The van der Waals surface area contributed by atoms with Gasteiger partial charge >= 0.3 is 0 Å². The molecule has 1 aliphatic heterocycles. The molecule has 1 N–H and O–H groups in total. The molecule has 0 amide bonds. The summed E-state index contributed by atoms with van der Waals surface area (Å²) in [5, 5.41) is 7.78. The van der Waals surface area contributed by atoms with Crippen molar-refractivity contribution in [3.05, 3.63) is 15.9 Å². The fourth-order valence-corrected chi connectivity index (χ4v) is 3.59. The summed E-state index contributed by atoms with van der Waals surface area (Å²) < 4.78 is 2.84. The molecule has 19 heavy (non-hydrogen) atoms. The minimum Gasteiger partial charge on any atom is -0.316 e. The van der Waals surface area contributed by atoms with Crippen molar-refractivity contribution < 1.29 is 4.79 Å². The molecule has 0 radical (unpaired) electrons. The van der Waals surface area contributed by atoms with Gasteiger partial charge in [-0.25, -0.2) is 0 Å². The first-order valence-corrected chi connectivity index (χ1v) is 7.77. The van der Waals surface area contributed by atoms with E-state index in [0.717, 1.165) is 48.2 Å². The number of nitrogens with one attached hydrogen (secondary N) is 1. The molecule has 2 rings (SSSR count). The molecule has 2 heterocycles. The normalized spacial score (nSPS) is 22.9. The van der Waals surface area contributed by atoms with E-state index < -0.39 is 0 Å². The van der Waals surface area contributed by atoms with Gasteiger partial charge < -0.3 is 5.32 Å². The third kappa shape index (κ3) is 2.63. The maximum absolute atomic E-state index is 12.7. The van der Waals surface area contributed by atoms with Gasteiger partial charge in [-0.05, 0) is 41.7 Å². The highest BCUT2D eigenvalue weighted by Gasteiger charge is 2.39. The molecule has 0 spiro atoms. The Bertz CT molecular complexity index is 475. The lowest BCUT2D eigenvalue weighted by atomic mass is 9.78. The highest BCUT2D eigenvalue weighted by Crippen LogP contribution is 2.33. The Morgan fingerprint density at radius 2 is 2.26 bits per heavy atom. The van der Waals surface area contributed by atoms with Crippen molar-refractivity contribution in [1.82, 2.24) is 15.1 Å². The van der Waals surface area contributed by atoms with E-state index in [4.69, 9.17) is 0 Å². The van der Waals surface area contributed by atoms with Crippen LogP contribution in [0.4, 0.5) is 0 Å². The van der Waals surface area contributed by atoms with E-state index in [1.54, 1.807) is 0 Å². The van der Waals surface area contributed by atoms with Crippen LogP contribution in [0.3, 0.4) is 0 Å². The van der Waals surface area contributed by atoms with Crippen LogP contribution in [0.1, 0.15) is 38.1 Å². The number of halogens is 1. The Kier molecular flexibility index (Phi) is 4.46. The lowest BCUT2D eigenvalue weighted by molar-refractivity contribution is -0.127. The number of aryl methyl sites for hydroxylation is 2. The molecule has 1 fully saturated rings. The molecular weight excluding hydrogens is 306 g/mol. The number of carbonyl (C=O) groups is 1. The van der Waals surface area contributed by atoms with Crippen LogP contribution in [0.25, 0.3) is 0 Å². The fraction of sp³-hybridized carbons (Fsp3) is 0.714. The van der Waals surface area contributed by atoms with Crippen LogP contribution < -0.4 is 5.32 Å².